The molecule has 1 aromatic carbocycles. The van der Waals surface area contributed by atoms with Crippen LogP contribution < -0.4 is 5.32 Å². The topological polar surface area (TPSA) is 12.0 Å². The molecule has 0 radical (unpaired) electrons. The predicted molar refractivity (Wildman–Crippen MR) is 91.0 cm³/mol. The van der Waals surface area contributed by atoms with Gasteiger partial charge >= 0.3 is 0 Å². The summed E-state index contributed by atoms with van der Waals surface area (Å²) in [5.74, 6) is 1.73. The Hall–Kier alpha value is -0.530. The quantitative estimate of drug-likeness (QED) is 0.753. The first kappa shape index (κ1) is 15.4. The molecule has 0 amide bonds. The largest absolute Gasteiger partial charge is 0.311 e. The van der Waals surface area contributed by atoms with Gasteiger partial charge in [-0.3, -0.25) is 0 Å². The first-order chi connectivity index (χ1) is 10.2. The molecule has 0 aliphatic heterocycles. The Balaban J connectivity index is 1.39. The molecule has 1 N–H and O–H groups in total. The Morgan fingerprint density at radius 3 is 2.52 bits per heavy atom. The fourth-order valence-electron chi connectivity index (χ4n) is 4.15. The van der Waals surface area contributed by atoms with Crippen molar-refractivity contribution in [1.82, 2.24) is 5.32 Å². The van der Waals surface area contributed by atoms with Crippen LogP contribution in [-0.4, -0.2) is 12.1 Å². The number of rotatable bonds is 5. The highest BCUT2D eigenvalue weighted by Gasteiger charge is 2.32. The normalized spacial score (nSPS) is 32.7. The Morgan fingerprint density at radius 2 is 1.86 bits per heavy atom. The zero-order valence-electron chi connectivity index (χ0n) is 13.2. The van der Waals surface area contributed by atoms with Gasteiger partial charge in [-0.25, -0.2) is 0 Å². The molecule has 0 heterocycles. The number of hydrogen-bond donors (Lipinski definition) is 1. The third-order valence-electron chi connectivity index (χ3n) is 5.47. The fourth-order valence-corrected chi connectivity index (χ4v) is 4.34. The predicted octanol–water partition coefficient (Wildman–Crippen LogP) is 5.53. The molecule has 0 bridgehead atoms. The molecule has 2 saturated carbocycles. The van der Waals surface area contributed by atoms with Crippen molar-refractivity contribution in [3.8, 4) is 0 Å². The van der Waals surface area contributed by atoms with Gasteiger partial charge in [-0.1, -0.05) is 43.5 Å². The SMILES string of the molecule is CCCC1CCC(NC2CC(c3cccc(Cl)c3)C2)CC1. The zero-order chi connectivity index (χ0) is 14.7. The third kappa shape index (κ3) is 4.02. The van der Waals surface area contributed by atoms with Gasteiger partial charge in [0.05, 0.1) is 0 Å². The van der Waals surface area contributed by atoms with E-state index in [-0.39, 0.29) is 0 Å². The lowest BCUT2D eigenvalue weighted by Crippen LogP contribution is -2.46. The minimum atomic E-state index is 0.720. The van der Waals surface area contributed by atoms with Crippen LogP contribution in [0.25, 0.3) is 0 Å². The lowest BCUT2D eigenvalue weighted by molar-refractivity contribution is 0.212. The summed E-state index contributed by atoms with van der Waals surface area (Å²) < 4.78 is 0. The van der Waals surface area contributed by atoms with Crippen LogP contribution in [0.2, 0.25) is 5.02 Å². The van der Waals surface area contributed by atoms with E-state index >= 15 is 0 Å². The van der Waals surface area contributed by atoms with Crippen molar-refractivity contribution >= 4 is 11.6 Å². The maximum absolute atomic E-state index is 6.09. The molecule has 0 atom stereocenters. The van der Waals surface area contributed by atoms with Gasteiger partial charge < -0.3 is 5.32 Å². The molecule has 1 aromatic rings. The van der Waals surface area contributed by atoms with Crippen molar-refractivity contribution in [2.45, 2.75) is 76.3 Å². The number of halogens is 1. The summed E-state index contributed by atoms with van der Waals surface area (Å²) in [7, 11) is 0. The van der Waals surface area contributed by atoms with Crippen molar-refractivity contribution < 1.29 is 0 Å². The first-order valence-electron chi connectivity index (χ1n) is 8.76. The Bertz CT molecular complexity index is 445. The van der Waals surface area contributed by atoms with Crippen LogP contribution in [0.3, 0.4) is 0 Å². The molecule has 2 fully saturated rings. The standard InChI is InChI=1S/C19H28ClN/c1-2-4-14-7-9-18(10-8-14)21-19-12-16(13-19)15-5-3-6-17(20)11-15/h3,5-6,11,14,16,18-19,21H,2,4,7-10,12-13H2,1H3. The lowest BCUT2D eigenvalue weighted by atomic mass is 9.74. The first-order valence-corrected chi connectivity index (χ1v) is 9.14. The summed E-state index contributed by atoms with van der Waals surface area (Å²) in [5.41, 5.74) is 1.42. The molecular weight excluding hydrogens is 278 g/mol. The third-order valence-corrected chi connectivity index (χ3v) is 5.71. The van der Waals surface area contributed by atoms with Crippen molar-refractivity contribution in [2.24, 2.45) is 5.92 Å². The van der Waals surface area contributed by atoms with E-state index in [1.165, 1.54) is 56.9 Å². The second kappa shape index (κ2) is 7.15. The van der Waals surface area contributed by atoms with Crippen molar-refractivity contribution in [2.75, 3.05) is 0 Å². The average Bonchev–Trinajstić information content (AvgIpc) is 2.44. The molecular formula is C19H28ClN. The van der Waals surface area contributed by atoms with Gasteiger partial charge in [0.2, 0.25) is 0 Å². The van der Waals surface area contributed by atoms with E-state index in [4.69, 9.17) is 11.6 Å². The van der Waals surface area contributed by atoms with Crippen LogP contribution in [0.1, 0.15) is 69.8 Å². The fraction of sp³-hybridized carbons (Fsp3) is 0.684. The maximum atomic E-state index is 6.09. The zero-order valence-corrected chi connectivity index (χ0v) is 13.9. The minimum absolute atomic E-state index is 0.720. The van der Waals surface area contributed by atoms with Crippen LogP contribution in [0.15, 0.2) is 24.3 Å². The van der Waals surface area contributed by atoms with E-state index < -0.39 is 0 Å². The molecule has 2 heteroatoms. The smallest absolute Gasteiger partial charge is 0.0408 e. The molecule has 0 unspecified atom stereocenters. The number of hydrogen-bond acceptors (Lipinski definition) is 1. The summed E-state index contributed by atoms with van der Waals surface area (Å²) >= 11 is 6.09. The Labute approximate surface area is 134 Å². The minimum Gasteiger partial charge on any atom is -0.311 e. The van der Waals surface area contributed by atoms with Gasteiger partial charge in [0.1, 0.15) is 0 Å². The van der Waals surface area contributed by atoms with Crippen LogP contribution >= 0.6 is 11.6 Å². The molecule has 2 aliphatic carbocycles. The molecule has 2 aliphatic rings. The van der Waals surface area contributed by atoms with E-state index in [9.17, 15) is 0 Å². The molecule has 0 saturated heterocycles. The highest BCUT2D eigenvalue weighted by molar-refractivity contribution is 6.30. The van der Waals surface area contributed by atoms with Crippen LogP contribution in [0.4, 0.5) is 0 Å². The number of benzene rings is 1. The van der Waals surface area contributed by atoms with Gasteiger partial charge in [-0.15, -0.1) is 0 Å². The van der Waals surface area contributed by atoms with E-state index in [1.54, 1.807) is 0 Å². The summed E-state index contributed by atoms with van der Waals surface area (Å²) in [4.78, 5) is 0. The second-order valence-electron chi connectivity index (χ2n) is 7.09. The van der Waals surface area contributed by atoms with Gasteiger partial charge in [-0.2, -0.15) is 0 Å². The molecule has 0 aromatic heterocycles. The number of nitrogens with one attached hydrogen (secondary N) is 1. The van der Waals surface area contributed by atoms with Crippen molar-refractivity contribution in [3.63, 3.8) is 0 Å². The monoisotopic (exact) mass is 305 g/mol. The Kier molecular flexibility index (Phi) is 5.24. The van der Waals surface area contributed by atoms with Crippen molar-refractivity contribution in [1.29, 1.82) is 0 Å². The summed E-state index contributed by atoms with van der Waals surface area (Å²) in [6.45, 7) is 2.31. The van der Waals surface area contributed by atoms with E-state index in [1.807, 2.05) is 6.07 Å². The molecule has 1 nitrogen and oxygen atoms in total. The van der Waals surface area contributed by atoms with E-state index in [2.05, 4.69) is 30.4 Å². The summed E-state index contributed by atoms with van der Waals surface area (Å²) in [5, 5.41) is 4.77. The highest BCUT2D eigenvalue weighted by Crippen LogP contribution is 2.38. The molecule has 116 valence electrons. The Morgan fingerprint density at radius 1 is 1.10 bits per heavy atom. The van der Waals surface area contributed by atoms with Gasteiger partial charge in [0, 0.05) is 17.1 Å². The van der Waals surface area contributed by atoms with E-state index in [0.29, 0.717) is 0 Å². The highest BCUT2D eigenvalue weighted by atomic mass is 35.5. The van der Waals surface area contributed by atoms with Gasteiger partial charge in [0.15, 0.2) is 0 Å². The van der Waals surface area contributed by atoms with Crippen LogP contribution in [0.5, 0.6) is 0 Å². The maximum Gasteiger partial charge on any atom is 0.0408 e. The van der Waals surface area contributed by atoms with Gasteiger partial charge in [-0.05, 0) is 68.1 Å². The van der Waals surface area contributed by atoms with Gasteiger partial charge in [0.25, 0.3) is 0 Å². The van der Waals surface area contributed by atoms with Crippen LogP contribution in [-0.2, 0) is 0 Å². The molecule has 3 rings (SSSR count). The molecule has 0 spiro atoms. The summed E-state index contributed by atoms with van der Waals surface area (Å²) in [6, 6.07) is 9.92. The lowest BCUT2D eigenvalue weighted by Gasteiger charge is -2.40. The summed E-state index contributed by atoms with van der Waals surface area (Å²) in [6.07, 6.45) is 11.0. The average molecular weight is 306 g/mol. The molecule has 21 heavy (non-hydrogen) atoms. The van der Waals surface area contributed by atoms with Crippen molar-refractivity contribution in [3.05, 3.63) is 34.9 Å². The van der Waals surface area contributed by atoms with E-state index in [0.717, 1.165) is 28.9 Å². The van der Waals surface area contributed by atoms with Crippen LogP contribution in [0, 0.1) is 5.92 Å². The second-order valence-corrected chi connectivity index (χ2v) is 7.53.